The summed E-state index contributed by atoms with van der Waals surface area (Å²) < 4.78 is 27.8. The number of aryl methyl sites for hydroxylation is 2. The molecule has 0 atom stereocenters. The minimum atomic E-state index is -2.94. The van der Waals surface area contributed by atoms with Crippen LogP contribution in [0.5, 0.6) is 0 Å². The molecule has 3 heteroatoms. The van der Waals surface area contributed by atoms with Crippen molar-refractivity contribution in [2.24, 2.45) is 0 Å². The number of hydrogen-bond acceptors (Lipinski definition) is 1. The lowest BCUT2D eigenvalue weighted by Crippen LogP contribution is -2.19. The Balaban J connectivity index is 3.42. The highest BCUT2D eigenvalue weighted by Crippen LogP contribution is 2.38. The fourth-order valence-electron chi connectivity index (χ4n) is 2.03. The van der Waals surface area contributed by atoms with E-state index in [9.17, 15) is 8.78 Å². The number of hydrogen-bond donors (Lipinski definition) is 1. The zero-order valence-electron chi connectivity index (χ0n) is 10.2. The molecular formula is C13H18F2O. The third-order valence-corrected chi connectivity index (χ3v) is 3.16. The highest BCUT2D eigenvalue weighted by atomic mass is 19.3. The Hall–Kier alpha value is -0.960. The number of rotatable bonds is 3. The summed E-state index contributed by atoms with van der Waals surface area (Å²) in [6.07, 6.45) is -0.516. The van der Waals surface area contributed by atoms with Crippen LogP contribution in [0.1, 0.15) is 34.2 Å². The van der Waals surface area contributed by atoms with E-state index in [4.69, 9.17) is 5.11 Å². The molecule has 0 saturated heterocycles. The highest BCUT2D eigenvalue weighted by molar-refractivity contribution is 5.46. The van der Waals surface area contributed by atoms with Crippen LogP contribution in [0.15, 0.2) is 6.07 Å². The molecule has 0 radical (unpaired) electrons. The highest BCUT2D eigenvalue weighted by Gasteiger charge is 2.34. The average Bonchev–Trinajstić information content (AvgIpc) is 2.14. The molecule has 0 saturated carbocycles. The molecular weight excluding hydrogens is 210 g/mol. The van der Waals surface area contributed by atoms with Crippen LogP contribution in [0.3, 0.4) is 0 Å². The molecule has 0 aromatic heterocycles. The monoisotopic (exact) mass is 228 g/mol. The van der Waals surface area contributed by atoms with Gasteiger partial charge < -0.3 is 5.11 Å². The minimum absolute atomic E-state index is 0.0825. The molecule has 0 unspecified atom stereocenters. The molecule has 90 valence electrons. The summed E-state index contributed by atoms with van der Waals surface area (Å²) >= 11 is 0. The number of halogens is 2. The summed E-state index contributed by atoms with van der Waals surface area (Å²) in [5, 5.41) is 8.70. The molecule has 0 bridgehead atoms. The first-order chi connectivity index (χ1) is 7.31. The first kappa shape index (κ1) is 13.1. The molecule has 0 aliphatic rings. The van der Waals surface area contributed by atoms with Crippen LogP contribution in [0.25, 0.3) is 0 Å². The van der Waals surface area contributed by atoms with Crippen molar-refractivity contribution in [3.05, 3.63) is 33.9 Å². The van der Waals surface area contributed by atoms with Gasteiger partial charge in [-0.25, -0.2) is 8.78 Å². The van der Waals surface area contributed by atoms with Crippen molar-refractivity contribution in [1.82, 2.24) is 0 Å². The fraction of sp³-hybridized carbons (Fsp3) is 0.538. The van der Waals surface area contributed by atoms with Crippen LogP contribution in [0, 0.1) is 27.7 Å². The second-order valence-electron chi connectivity index (χ2n) is 4.31. The van der Waals surface area contributed by atoms with Gasteiger partial charge in [-0.2, -0.15) is 0 Å². The van der Waals surface area contributed by atoms with E-state index < -0.39 is 19.0 Å². The molecule has 1 aromatic carbocycles. The van der Waals surface area contributed by atoms with Gasteiger partial charge in [0.2, 0.25) is 0 Å². The number of alkyl halides is 2. The van der Waals surface area contributed by atoms with E-state index in [0.29, 0.717) is 11.1 Å². The second-order valence-corrected chi connectivity index (χ2v) is 4.31. The summed E-state index contributed by atoms with van der Waals surface area (Å²) in [6.45, 7) is 6.59. The Morgan fingerprint density at radius 2 is 1.50 bits per heavy atom. The van der Waals surface area contributed by atoms with Crippen LogP contribution >= 0.6 is 0 Å². The second kappa shape index (κ2) is 4.50. The lowest BCUT2D eigenvalue weighted by Gasteiger charge is -2.23. The molecule has 1 rings (SSSR count). The Labute approximate surface area is 95.1 Å². The lowest BCUT2D eigenvalue weighted by atomic mass is 9.89. The summed E-state index contributed by atoms with van der Waals surface area (Å²) in [4.78, 5) is 0. The maximum absolute atomic E-state index is 13.9. The van der Waals surface area contributed by atoms with Crippen LogP contribution < -0.4 is 0 Å². The smallest absolute Gasteiger partial charge is 0.275 e. The summed E-state index contributed by atoms with van der Waals surface area (Å²) in [5.74, 6) is -2.94. The van der Waals surface area contributed by atoms with Crippen molar-refractivity contribution in [3.63, 3.8) is 0 Å². The molecule has 0 aliphatic carbocycles. The van der Waals surface area contributed by atoms with Crippen LogP contribution in [-0.4, -0.2) is 11.7 Å². The number of benzene rings is 1. The molecule has 0 aliphatic heterocycles. The predicted octanol–water partition coefficient (Wildman–Crippen LogP) is 3.39. The van der Waals surface area contributed by atoms with E-state index in [2.05, 4.69) is 0 Å². The maximum atomic E-state index is 13.9. The Morgan fingerprint density at radius 3 is 1.88 bits per heavy atom. The standard InChI is InChI=1S/C13H18F2O/c1-8-7-9(2)11(4)12(10(8)3)13(14,15)5-6-16/h7,16H,5-6H2,1-4H3. The number of aliphatic hydroxyl groups excluding tert-OH is 1. The van der Waals surface area contributed by atoms with Gasteiger partial charge in [0.15, 0.2) is 0 Å². The summed E-state index contributed by atoms with van der Waals surface area (Å²) in [7, 11) is 0. The van der Waals surface area contributed by atoms with Gasteiger partial charge in [0.05, 0.1) is 0 Å². The topological polar surface area (TPSA) is 20.2 Å². The Kier molecular flexibility index (Phi) is 3.68. The molecule has 1 nitrogen and oxygen atoms in total. The van der Waals surface area contributed by atoms with E-state index in [-0.39, 0.29) is 5.56 Å². The molecule has 1 aromatic rings. The van der Waals surface area contributed by atoms with E-state index >= 15 is 0 Å². The van der Waals surface area contributed by atoms with E-state index in [1.54, 1.807) is 13.8 Å². The van der Waals surface area contributed by atoms with Gasteiger partial charge in [0.1, 0.15) is 0 Å². The zero-order chi connectivity index (χ0) is 12.5. The van der Waals surface area contributed by atoms with Crippen molar-refractivity contribution in [2.75, 3.05) is 6.61 Å². The molecule has 16 heavy (non-hydrogen) atoms. The van der Waals surface area contributed by atoms with Crippen molar-refractivity contribution in [1.29, 1.82) is 0 Å². The molecule has 0 spiro atoms. The van der Waals surface area contributed by atoms with E-state index in [1.807, 2.05) is 19.9 Å². The Bertz CT molecular complexity index is 371. The van der Waals surface area contributed by atoms with Gasteiger partial charge in [-0.15, -0.1) is 0 Å². The van der Waals surface area contributed by atoms with Gasteiger partial charge >= 0.3 is 0 Å². The third-order valence-electron chi connectivity index (χ3n) is 3.16. The van der Waals surface area contributed by atoms with Crippen LogP contribution in [-0.2, 0) is 5.92 Å². The van der Waals surface area contributed by atoms with Gasteiger partial charge in [0, 0.05) is 18.6 Å². The zero-order valence-corrected chi connectivity index (χ0v) is 10.2. The summed E-state index contributed by atoms with van der Waals surface area (Å²) in [5.41, 5.74) is 3.08. The molecule has 0 fully saturated rings. The van der Waals surface area contributed by atoms with Gasteiger partial charge in [-0.05, 0) is 49.9 Å². The van der Waals surface area contributed by atoms with Crippen LogP contribution in [0.2, 0.25) is 0 Å². The quantitative estimate of drug-likeness (QED) is 0.840. The average molecular weight is 228 g/mol. The summed E-state index contributed by atoms with van der Waals surface area (Å²) in [6, 6.07) is 1.92. The van der Waals surface area contributed by atoms with Crippen molar-refractivity contribution >= 4 is 0 Å². The van der Waals surface area contributed by atoms with Crippen molar-refractivity contribution in [2.45, 2.75) is 40.0 Å². The minimum Gasteiger partial charge on any atom is -0.396 e. The van der Waals surface area contributed by atoms with E-state index in [1.165, 1.54) is 0 Å². The lowest BCUT2D eigenvalue weighted by molar-refractivity contribution is -0.0281. The molecule has 0 amide bonds. The van der Waals surface area contributed by atoms with Crippen molar-refractivity contribution < 1.29 is 13.9 Å². The van der Waals surface area contributed by atoms with Crippen molar-refractivity contribution in [3.8, 4) is 0 Å². The maximum Gasteiger partial charge on any atom is 0.275 e. The van der Waals surface area contributed by atoms with Gasteiger partial charge in [-0.1, -0.05) is 6.07 Å². The SMILES string of the molecule is Cc1cc(C)c(C)c(C(F)(F)CCO)c1C. The molecule has 1 N–H and O–H groups in total. The predicted molar refractivity (Wildman–Crippen MR) is 61.0 cm³/mol. The normalized spacial score (nSPS) is 11.9. The van der Waals surface area contributed by atoms with Crippen LogP contribution in [0.4, 0.5) is 8.78 Å². The van der Waals surface area contributed by atoms with E-state index in [0.717, 1.165) is 11.1 Å². The Morgan fingerprint density at radius 1 is 1.06 bits per heavy atom. The number of aliphatic hydroxyl groups is 1. The third kappa shape index (κ3) is 2.24. The van der Waals surface area contributed by atoms with Gasteiger partial charge in [-0.3, -0.25) is 0 Å². The first-order valence-corrected chi connectivity index (χ1v) is 5.38. The van der Waals surface area contributed by atoms with Gasteiger partial charge in [0.25, 0.3) is 5.92 Å². The first-order valence-electron chi connectivity index (χ1n) is 5.38. The molecule has 0 heterocycles. The fourth-order valence-corrected chi connectivity index (χ4v) is 2.03. The largest absolute Gasteiger partial charge is 0.396 e.